The molecule has 0 N–H and O–H groups in total. The fourth-order valence-electron chi connectivity index (χ4n) is 6.63. The number of morpholine rings is 2. The molecule has 3 aromatic carbocycles. The molecule has 6 nitrogen and oxygen atoms in total. The molecule has 0 spiro atoms. The van der Waals surface area contributed by atoms with Gasteiger partial charge in [-0.1, -0.05) is 36.8 Å². The van der Waals surface area contributed by atoms with Crippen LogP contribution in [0.2, 0.25) is 0 Å². The normalized spacial score (nSPS) is 22.7. The van der Waals surface area contributed by atoms with Crippen LogP contribution in [0.4, 0.5) is 14.5 Å². The van der Waals surface area contributed by atoms with Crippen molar-refractivity contribution in [3.8, 4) is 16.9 Å². The van der Waals surface area contributed by atoms with Gasteiger partial charge in [0.2, 0.25) is 0 Å². The first kappa shape index (κ1) is 25.5. The zero-order valence-corrected chi connectivity index (χ0v) is 22.2. The fourth-order valence-corrected chi connectivity index (χ4v) is 6.63. The lowest BCUT2D eigenvalue weighted by molar-refractivity contribution is -0.0696. The lowest BCUT2D eigenvalue weighted by Gasteiger charge is -2.40. The highest BCUT2D eigenvalue weighted by molar-refractivity contribution is 6.00. The Morgan fingerprint density at radius 1 is 0.875 bits per heavy atom. The molecule has 0 aromatic heterocycles. The summed E-state index contributed by atoms with van der Waals surface area (Å²) in [6.07, 6.45) is 2.53. The van der Waals surface area contributed by atoms with Gasteiger partial charge in [0.1, 0.15) is 11.9 Å². The van der Waals surface area contributed by atoms with Gasteiger partial charge in [-0.3, -0.25) is 4.79 Å². The Bertz CT molecular complexity index is 1400. The van der Waals surface area contributed by atoms with Crippen LogP contribution in [-0.2, 0) is 9.47 Å². The third kappa shape index (κ3) is 4.43. The van der Waals surface area contributed by atoms with E-state index in [2.05, 4.69) is 35.2 Å². The van der Waals surface area contributed by atoms with Gasteiger partial charge in [0.25, 0.3) is 5.91 Å². The highest BCUT2D eigenvalue weighted by Crippen LogP contribution is 2.52. The number of rotatable bonds is 6. The lowest BCUT2D eigenvalue weighted by Crippen LogP contribution is -2.40. The minimum absolute atomic E-state index is 0.0417. The van der Waals surface area contributed by atoms with Crippen molar-refractivity contribution >= 4 is 11.6 Å². The molecule has 0 unspecified atom stereocenters. The Balaban J connectivity index is 1.27. The van der Waals surface area contributed by atoms with Crippen molar-refractivity contribution in [2.45, 2.75) is 43.9 Å². The van der Waals surface area contributed by atoms with Crippen molar-refractivity contribution in [1.29, 1.82) is 0 Å². The predicted molar refractivity (Wildman–Crippen MR) is 147 cm³/mol. The van der Waals surface area contributed by atoms with E-state index in [1.807, 2.05) is 23.1 Å². The van der Waals surface area contributed by atoms with Crippen molar-refractivity contribution in [3.63, 3.8) is 0 Å². The van der Waals surface area contributed by atoms with Gasteiger partial charge in [-0.05, 0) is 71.3 Å². The standard InChI is InChI=1S/C32H32F2N2O4/c33-32(34)40-27-6-2-5-24(21-3-1-4-21)28(27)30-29-26-19-22(9-12-25(26)31(37)36(29)15-18-39-30)20-7-10-23(11-8-20)35-13-16-38-17-14-35/h2,5-12,19,21,29-30,32H,1,3-4,13-18H2/t29-,30-/m0/s1. The van der Waals surface area contributed by atoms with Gasteiger partial charge < -0.3 is 24.0 Å². The number of hydrogen-bond acceptors (Lipinski definition) is 5. The van der Waals surface area contributed by atoms with Gasteiger partial charge in [-0.2, -0.15) is 8.78 Å². The molecule has 208 valence electrons. The van der Waals surface area contributed by atoms with Crippen molar-refractivity contribution in [2.24, 2.45) is 0 Å². The van der Waals surface area contributed by atoms with Gasteiger partial charge in [0.15, 0.2) is 0 Å². The second kappa shape index (κ2) is 10.5. The number of benzene rings is 3. The van der Waals surface area contributed by atoms with Crippen LogP contribution >= 0.6 is 0 Å². The number of halogens is 2. The van der Waals surface area contributed by atoms with E-state index in [1.165, 1.54) is 0 Å². The third-order valence-electron chi connectivity index (χ3n) is 8.84. The minimum atomic E-state index is -2.94. The van der Waals surface area contributed by atoms with E-state index in [-0.39, 0.29) is 17.6 Å². The van der Waals surface area contributed by atoms with Crippen LogP contribution in [0.25, 0.3) is 11.1 Å². The molecule has 4 aliphatic rings. The molecule has 3 aromatic rings. The molecule has 3 fully saturated rings. The summed E-state index contributed by atoms with van der Waals surface area (Å²) in [5, 5.41) is 0. The third-order valence-corrected chi connectivity index (χ3v) is 8.84. The number of carbonyl (C=O) groups is 1. The summed E-state index contributed by atoms with van der Waals surface area (Å²) < 4.78 is 43.9. The zero-order valence-electron chi connectivity index (χ0n) is 22.2. The predicted octanol–water partition coefficient (Wildman–Crippen LogP) is 6.33. The molecule has 40 heavy (non-hydrogen) atoms. The maximum Gasteiger partial charge on any atom is 0.387 e. The number of alkyl halides is 2. The van der Waals surface area contributed by atoms with Crippen LogP contribution in [0.3, 0.4) is 0 Å². The van der Waals surface area contributed by atoms with Gasteiger partial charge in [0, 0.05) is 36.4 Å². The van der Waals surface area contributed by atoms with E-state index in [0.717, 1.165) is 73.5 Å². The van der Waals surface area contributed by atoms with Crippen LogP contribution in [0, 0.1) is 0 Å². The van der Waals surface area contributed by atoms with Crippen LogP contribution < -0.4 is 9.64 Å². The molecular formula is C32H32F2N2O4. The smallest absolute Gasteiger partial charge is 0.387 e. The summed E-state index contributed by atoms with van der Waals surface area (Å²) in [7, 11) is 0. The molecule has 0 radical (unpaired) electrons. The first-order valence-electron chi connectivity index (χ1n) is 14.2. The Morgan fingerprint density at radius 2 is 1.65 bits per heavy atom. The van der Waals surface area contributed by atoms with E-state index < -0.39 is 18.8 Å². The monoisotopic (exact) mass is 546 g/mol. The SMILES string of the molecule is O=C1c2ccc(-c3ccc(N4CCOCC4)cc3)cc2[C@H]2[C@H](c3c(OC(F)F)cccc3C3CCC3)OCCN12. The molecule has 2 atom stereocenters. The summed E-state index contributed by atoms with van der Waals surface area (Å²) in [5.74, 6) is 0.380. The topological polar surface area (TPSA) is 51.2 Å². The first-order valence-corrected chi connectivity index (χ1v) is 14.2. The first-order chi connectivity index (χ1) is 19.6. The van der Waals surface area contributed by atoms with Crippen molar-refractivity contribution < 1.29 is 27.8 Å². The number of fused-ring (bicyclic) bond motifs is 3. The number of anilines is 1. The summed E-state index contributed by atoms with van der Waals surface area (Å²) >= 11 is 0. The molecule has 0 bridgehead atoms. The number of amides is 1. The molecule has 2 saturated heterocycles. The Kier molecular flexibility index (Phi) is 6.68. The van der Waals surface area contributed by atoms with E-state index in [9.17, 15) is 13.6 Å². The molecular weight excluding hydrogens is 514 g/mol. The van der Waals surface area contributed by atoms with E-state index in [1.54, 1.807) is 12.1 Å². The van der Waals surface area contributed by atoms with Gasteiger partial charge in [-0.25, -0.2) is 0 Å². The summed E-state index contributed by atoms with van der Waals surface area (Å²) in [4.78, 5) is 17.7. The molecule has 1 aliphatic carbocycles. The fraction of sp³-hybridized carbons (Fsp3) is 0.406. The number of carbonyl (C=O) groups excluding carboxylic acids is 1. The minimum Gasteiger partial charge on any atom is -0.434 e. The van der Waals surface area contributed by atoms with E-state index in [4.69, 9.17) is 14.2 Å². The summed E-state index contributed by atoms with van der Waals surface area (Å²) in [6, 6.07) is 19.4. The maximum atomic E-state index is 13.5. The highest BCUT2D eigenvalue weighted by Gasteiger charge is 2.47. The lowest BCUT2D eigenvalue weighted by atomic mass is 9.76. The summed E-state index contributed by atoms with van der Waals surface area (Å²) in [5.41, 5.74) is 6.38. The van der Waals surface area contributed by atoms with Crippen LogP contribution in [-0.4, -0.2) is 56.9 Å². The maximum absolute atomic E-state index is 13.5. The average Bonchev–Trinajstić information content (AvgIpc) is 3.24. The molecule has 8 heteroatoms. The molecule has 1 amide bonds. The second-order valence-electron chi connectivity index (χ2n) is 10.9. The van der Waals surface area contributed by atoms with Crippen LogP contribution in [0.5, 0.6) is 5.75 Å². The average molecular weight is 547 g/mol. The summed E-state index contributed by atoms with van der Waals surface area (Å²) in [6.45, 7) is 1.06. The molecule has 1 saturated carbocycles. The van der Waals surface area contributed by atoms with Gasteiger partial charge in [-0.15, -0.1) is 0 Å². The zero-order chi connectivity index (χ0) is 27.2. The number of hydrogen-bond donors (Lipinski definition) is 0. The second-order valence-corrected chi connectivity index (χ2v) is 10.9. The van der Waals surface area contributed by atoms with Crippen LogP contribution in [0.15, 0.2) is 60.7 Å². The van der Waals surface area contributed by atoms with Gasteiger partial charge >= 0.3 is 6.61 Å². The highest BCUT2D eigenvalue weighted by atomic mass is 19.3. The number of nitrogens with zero attached hydrogens (tertiary/aromatic N) is 2. The largest absolute Gasteiger partial charge is 0.434 e. The molecule has 3 aliphatic heterocycles. The Morgan fingerprint density at radius 3 is 2.38 bits per heavy atom. The quantitative estimate of drug-likeness (QED) is 0.362. The van der Waals surface area contributed by atoms with Crippen molar-refractivity contribution in [2.75, 3.05) is 44.4 Å². The molecule has 7 rings (SSSR count). The van der Waals surface area contributed by atoms with Gasteiger partial charge in [0.05, 0.1) is 25.9 Å². The van der Waals surface area contributed by atoms with Crippen molar-refractivity contribution in [3.05, 3.63) is 82.9 Å². The van der Waals surface area contributed by atoms with Crippen molar-refractivity contribution in [1.82, 2.24) is 4.90 Å². The van der Waals surface area contributed by atoms with E-state index >= 15 is 0 Å². The number of ether oxygens (including phenoxy) is 3. The Hall–Kier alpha value is -3.49. The Labute approximate surface area is 232 Å². The van der Waals surface area contributed by atoms with Crippen LogP contribution in [0.1, 0.15) is 64.4 Å². The van der Waals surface area contributed by atoms with E-state index in [0.29, 0.717) is 24.3 Å². The molecule has 3 heterocycles.